The van der Waals surface area contributed by atoms with E-state index in [2.05, 4.69) is 0 Å². The summed E-state index contributed by atoms with van der Waals surface area (Å²) < 4.78 is 1.74. The molecule has 20 heavy (non-hydrogen) atoms. The quantitative estimate of drug-likeness (QED) is 0.739. The fourth-order valence-corrected chi connectivity index (χ4v) is 2.41. The highest BCUT2D eigenvalue weighted by molar-refractivity contribution is 5.81. The van der Waals surface area contributed by atoms with Crippen LogP contribution in [-0.4, -0.2) is 4.57 Å². The van der Waals surface area contributed by atoms with Crippen molar-refractivity contribution in [1.82, 2.24) is 4.57 Å². The largest absolute Gasteiger partial charge is 0.399 e. The van der Waals surface area contributed by atoms with Crippen LogP contribution in [0.3, 0.4) is 0 Å². The van der Waals surface area contributed by atoms with Crippen molar-refractivity contribution >= 4 is 16.5 Å². The molecule has 0 saturated carbocycles. The van der Waals surface area contributed by atoms with Gasteiger partial charge in [-0.15, -0.1) is 0 Å². The molecule has 0 aliphatic heterocycles. The first-order chi connectivity index (χ1) is 9.75. The molecule has 0 radical (unpaired) electrons. The Morgan fingerprint density at radius 3 is 2.55 bits per heavy atom. The van der Waals surface area contributed by atoms with Crippen LogP contribution in [0.4, 0.5) is 5.69 Å². The van der Waals surface area contributed by atoms with Gasteiger partial charge in [0.1, 0.15) is 0 Å². The number of aryl methyl sites for hydroxylation is 2. The first kappa shape index (κ1) is 12.5. The maximum atomic E-state index is 12.4. The summed E-state index contributed by atoms with van der Waals surface area (Å²) >= 11 is 0. The average Bonchev–Trinajstić information content (AvgIpc) is 2.48. The number of nitrogens with two attached hydrogens (primary N) is 1. The molecule has 0 fully saturated rings. The number of pyridine rings is 1. The fourth-order valence-electron chi connectivity index (χ4n) is 2.41. The van der Waals surface area contributed by atoms with E-state index >= 15 is 0 Å². The second kappa shape index (κ2) is 5.21. The Hall–Kier alpha value is -2.55. The summed E-state index contributed by atoms with van der Waals surface area (Å²) in [7, 11) is 0. The van der Waals surface area contributed by atoms with Gasteiger partial charge in [0.05, 0.1) is 0 Å². The van der Waals surface area contributed by atoms with Gasteiger partial charge in [-0.05, 0) is 35.6 Å². The summed E-state index contributed by atoms with van der Waals surface area (Å²) in [6, 6.07) is 17.4. The van der Waals surface area contributed by atoms with Gasteiger partial charge in [-0.3, -0.25) is 4.79 Å². The molecule has 1 aromatic heterocycles. The van der Waals surface area contributed by atoms with Crippen LogP contribution >= 0.6 is 0 Å². The van der Waals surface area contributed by atoms with E-state index in [1.807, 2.05) is 60.8 Å². The second-order valence-electron chi connectivity index (χ2n) is 4.85. The third-order valence-corrected chi connectivity index (χ3v) is 3.56. The van der Waals surface area contributed by atoms with Crippen molar-refractivity contribution in [2.45, 2.75) is 13.0 Å². The molecule has 100 valence electrons. The molecule has 0 bridgehead atoms. The normalized spacial score (nSPS) is 10.8. The summed E-state index contributed by atoms with van der Waals surface area (Å²) in [5.74, 6) is 0. The molecular weight excluding hydrogens is 248 g/mol. The Balaban J connectivity index is 1.90. The Bertz CT molecular complexity index is 805. The van der Waals surface area contributed by atoms with Gasteiger partial charge in [-0.1, -0.05) is 36.4 Å². The van der Waals surface area contributed by atoms with Gasteiger partial charge < -0.3 is 10.3 Å². The predicted molar refractivity (Wildman–Crippen MR) is 82.8 cm³/mol. The lowest BCUT2D eigenvalue weighted by Gasteiger charge is -2.09. The molecule has 3 rings (SSSR count). The molecule has 1 heterocycles. The van der Waals surface area contributed by atoms with E-state index in [1.165, 1.54) is 0 Å². The standard InChI is InChI=1S/C17H16N2O/c18-16-8-4-2-6-14(16)10-12-19-11-9-13-5-1-3-7-15(13)17(19)20/h1-9,11H,10,12,18H2. The summed E-state index contributed by atoms with van der Waals surface area (Å²) in [6.07, 6.45) is 2.61. The van der Waals surface area contributed by atoms with E-state index in [0.29, 0.717) is 6.54 Å². The van der Waals surface area contributed by atoms with Gasteiger partial charge in [-0.2, -0.15) is 0 Å². The number of aromatic nitrogens is 1. The van der Waals surface area contributed by atoms with E-state index in [1.54, 1.807) is 4.57 Å². The molecule has 2 N–H and O–H groups in total. The highest BCUT2D eigenvalue weighted by atomic mass is 16.1. The van der Waals surface area contributed by atoms with Crippen molar-refractivity contribution in [2.75, 3.05) is 5.73 Å². The maximum absolute atomic E-state index is 12.4. The first-order valence-electron chi connectivity index (χ1n) is 6.67. The zero-order valence-electron chi connectivity index (χ0n) is 11.1. The molecule has 3 nitrogen and oxygen atoms in total. The number of anilines is 1. The van der Waals surface area contributed by atoms with Crippen LogP contribution in [0, 0.1) is 0 Å². The van der Waals surface area contributed by atoms with Crippen LogP contribution in [-0.2, 0) is 13.0 Å². The lowest BCUT2D eigenvalue weighted by atomic mass is 10.1. The van der Waals surface area contributed by atoms with Crippen molar-refractivity contribution < 1.29 is 0 Å². The van der Waals surface area contributed by atoms with E-state index in [0.717, 1.165) is 28.4 Å². The smallest absolute Gasteiger partial charge is 0.258 e. The molecule has 0 spiro atoms. The van der Waals surface area contributed by atoms with Crippen molar-refractivity contribution in [1.29, 1.82) is 0 Å². The molecule has 0 aliphatic carbocycles. The lowest BCUT2D eigenvalue weighted by molar-refractivity contribution is 0.676. The van der Waals surface area contributed by atoms with Gasteiger partial charge >= 0.3 is 0 Å². The van der Waals surface area contributed by atoms with E-state index in [9.17, 15) is 4.79 Å². The van der Waals surface area contributed by atoms with Crippen molar-refractivity contribution in [3.05, 3.63) is 76.7 Å². The van der Waals surface area contributed by atoms with Crippen LogP contribution in [0.15, 0.2) is 65.6 Å². The lowest BCUT2D eigenvalue weighted by Crippen LogP contribution is -2.20. The molecule has 0 atom stereocenters. The molecule has 0 amide bonds. The molecule has 3 heteroatoms. The SMILES string of the molecule is Nc1ccccc1CCn1ccc2ccccc2c1=O. The first-order valence-corrected chi connectivity index (χ1v) is 6.67. The van der Waals surface area contributed by atoms with Gasteiger partial charge in [0.25, 0.3) is 5.56 Å². The Labute approximate surface area is 117 Å². The van der Waals surface area contributed by atoms with Gasteiger partial charge in [-0.25, -0.2) is 0 Å². The second-order valence-corrected chi connectivity index (χ2v) is 4.85. The number of benzene rings is 2. The zero-order chi connectivity index (χ0) is 13.9. The topological polar surface area (TPSA) is 48.0 Å². The van der Waals surface area contributed by atoms with Crippen molar-refractivity contribution in [2.24, 2.45) is 0 Å². The number of fused-ring (bicyclic) bond motifs is 1. The van der Waals surface area contributed by atoms with Crippen LogP contribution in [0.1, 0.15) is 5.56 Å². The minimum absolute atomic E-state index is 0.0533. The van der Waals surface area contributed by atoms with Crippen LogP contribution in [0.25, 0.3) is 10.8 Å². The number of para-hydroxylation sites is 1. The van der Waals surface area contributed by atoms with Crippen LogP contribution in [0.5, 0.6) is 0 Å². The Kier molecular flexibility index (Phi) is 3.25. The number of nitrogen functional groups attached to an aromatic ring is 1. The molecule has 3 aromatic rings. The van der Waals surface area contributed by atoms with Crippen molar-refractivity contribution in [3.63, 3.8) is 0 Å². The summed E-state index contributed by atoms with van der Waals surface area (Å²) in [4.78, 5) is 12.4. The molecule has 0 saturated heterocycles. The summed E-state index contributed by atoms with van der Waals surface area (Å²) in [5.41, 5.74) is 7.83. The minimum atomic E-state index is 0.0533. The van der Waals surface area contributed by atoms with E-state index < -0.39 is 0 Å². The number of nitrogens with zero attached hydrogens (tertiary/aromatic N) is 1. The summed E-state index contributed by atoms with van der Waals surface area (Å²) in [5, 5.41) is 1.74. The van der Waals surface area contributed by atoms with Gasteiger partial charge in [0, 0.05) is 23.8 Å². The van der Waals surface area contributed by atoms with Crippen LogP contribution < -0.4 is 11.3 Å². The third-order valence-electron chi connectivity index (χ3n) is 3.56. The predicted octanol–water partition coefficient (Wildman–Crippen LogP) is 2.83. The third kappa shape index (κ3) is 2.30. The van der Waals surface area contributed by atoms with Crippen molar-refractivity contribution in [3.8, 4) is 0 Å². The van der Waals surface area contributed by atoms with Crippen LogP contribution in [0.2, 0.25) is 0 Å². The highest BCUT2D eigenvalue weighted by Crippen LogP contribution is 2.12. The number of hydrogen-bond donors (Lipinski definition) is 1. The zero-order valence-corrected chi connectivity index (χ0v) is 11.1. The minimum Gasteiger partial charge on any atom is -0.399 e. The van der Waals surface area contributed by atoms with E-state index in [-0.39, 0.29) is 5.56 Å². The van der Waals surface area contributed by atoms with E-state index in [4.69, 9.17) is 5.73 Å². The molecular formula is C17H16N2O. The van der Waals surface area contributed by atoms with Gasteiger partial charge in [0.2, 0.25) is 0 Å². The average molecular weight is 264 g/mol. The number of hydrogen-bond acceptors (Lipinski definition) is 2. The summed E-state index contributed by atoms with van der Waals surface area (Å²) in [6.45, 7) is 0.637. The molecule has 0 unspecified atom stereocenters. The monoisotopic (exact) mass is 264 g/mol. The number of rotatable bonds is 3. The Morgan fingerprint density at radius 2 is 1.70 bits per heavy atom. The molecule has 0 aliphatic rings. The Morgan fingerprint density at radius 1 is 0.950 bits per heavy atom. The van der Waals surface area contributed by atoms with Gasteiger partial charge in [0.15, 0.2) is 0 Å². The highest BCUT2D eigenvalue weighted by Gasteiger charge is 2.03. The fraction of sp³-hybridized carbons (Fsp3) is 0.118. The molecule has 2 aromatic carbocycles. The maximum Gasteiger partial charge on any atom is 0.258 e.